The van der Waals surface area contributed by atoms with Crippen molar-refractivity contribution < 1.29 is 45.4 Å². The Kier molecular flexibility index (Phi) is 6.94. The Hall–Kier alpha value is -4.22. The van der Waals surface area contributed by atoms with Gasteiger partial charge in [-0.1, -0.05) is 12.1 Å². The highest BCUT2D eigenvalue weighted by Gasteiger charge is 2.58. The Labute approximate surface area is 194 Å². The standard InChI is InChI=1S/C23H16F6N2O4/c1-34-19-11-14(24)6-8-17(19)35-18-10-13(22(25,26)23(27,28)29)5-7-16(18)21(33)31-15-4-2-3-12(9-15)20(30)32/h2-11H,1H3,(H2,30,32)(H,31,33). The second-order valence-corrected chi connectivity index (χ2v) is 7.08. The Balaban J connectivity index is 2.07. The van der Waals surface area contributed by atoms with E-state index >= 15 is 0 Å². The van der Waals surface area contributed by atoms with Crippen LogP contribution in [0, 0.1) is 5.82 Å². The molecule has 3 aromatic carbocycles. The van der Waals surface area contributed by atoms with Crippen LogP contribution in [0.3, 0.4) is 0 Å². The molecule has 2 amide bonds. The molecule has 12 heteroatoms. The second kappa shape index (κ2) is 9.57. The third kappa shape index (κ3) is 5.48. The summed E-state index contributed by atoms with van der Waals surface area (Å²) >= 11 is 0. The Morgan fingerprint density at radius 1 is 0.886 bits per heavy atom. The summed E-state index contributed by atoms with van der Waals surface area (Å²) in [6, 6.07) is 9.76. The number of carbonyl (C=O) groups excluding carboxylic acids is 2. The lowest BCUT2D eigenvalue weighted by Gasteiger charge is -2.21. The molecule has 0 aliphatic rings. The predicted molar refractivity (Wildman–Crippen MR) is 112 cm³/mol. The van der Waals surface area contributed by atoms with Crippen molar-refractivity contribution in [3.05, 3.63) is 83.2 Å². The number of ether oxygens (including phenoxy) is 2. The summed E-state index contributed by atoms with van der Waals surface area (Å²) in [4.78, 5) is 24.2. The molecule has 0 atom stereocenters. The Bertz CT molecular complexity index is 1280. The van der Waals surface area contributed by atoms with E-state index in [4.69, 9.17) is 15.2 Å². The van der Waals surface area contributed by atoms with Gasteiger partial charge >= 0.3 is 12.1 Å². The molecule has 35 heavy (non-hydrogen) atoms. The van der Waals surface area contributed by atoms with E-state index in [0.29, 0.717) is 18.2 Å². The van der Waals surface area contributed by atoms with E-state index in [1.54, 1.807) is 0 Å². The number of carbonyl (C=O) groups is 2. The number of alkyl halides is 5. The molecule has 0 spiro atoms. The molecule has 0 aromatic heterocycles. The van der Waals surface area contributed by atoms with Gasteiger partial charge in [-0.15, -0.1) is 0 Å². The number of primary amides is 1. The smallest absolute Gasteiger partial charge is 0.458 e. The number of rotatable bonds is 7. The lowest BCUT2D eigenvalue weighted by molar-refractivity contribution is -0.289. The number of benzene rings is 3. The maximum atomic E-state index is 14.0. The Morgan fingerprint density at radius 3 is 2.23 bits per heavy atom. The topological polar surface area (TPSA) is 90.7 Å². The molecule has 0 saturated heterocycles. The van der Waals surface area contributed by atoms with Crippen LogP contribution in [0.2, 0.25) is 0 Å². The number of anilines is 1. The zero-order valence-electron chi connectivity index (χ0n) is 17.8. The average Bonchev–Trinajstić information content (AvgIpc) is 2.79. The van der Waals surface area contributed by atoms with Crippen LogP contribution in [0.4, 0.5) is 32.0 Å². The van der Waals surface area contributed by atoms with Crippen molar-refractivity contribution in [2.75, 3.05) is 12.4 Å². The molecule has 0 saturated carbocycles. The minimum Gasteiger partial charge on any atom is -0.493 e. The number of methoxy groups -OCH3 is 1. The molecule has 0 unspecified atom stereocenters. The zero-order valence-corrected chi connectivity index (χ0v) is 17.8. The van der Waals surface area contributed by atoms with Crippen LogP contribution in [0.25, 0.3) is 0 Å². The second-order valence-electron chi connectivity index (χ2n) is 7.08. The van der Waals surface area contributed by atoms with Gasteiger partial charge in [-0.25, -0.2) is 4.39 Å². The highest BCUT2D eigenvalue weighted by Crippen LogP contribution is 2.45. The van der Waals surface area contributed by atoms with E-state index < -0.39 is 46.6 Å². The van der Waals surface area contributed by atoms with Crippen molar-refractivity contribution in [1.29, 1.82) is 0 Å². The first-order chi connectivity index (χ1) is 16.3. The summed E-state index contributed by atoms with van der Waals surface area (Å²) in [5, 5.41) is 2.38. The quantitative estimate of drug-likeness (QED) is 0.413. The van der Waals surface area contributed by atoms with Gasteiger partial charge in [-0.3, -0.25) is 9.59 Å². The molecule has 0 fully saturated rings. The maximum Gasteiger partial charge on any atom is 0.458 e. The van der Waals surface area contributed by atoms with E-state index in [1.807, 2.05) is 0 Å². The molecule has 6 nitrogen and oxygen atoms in total. The van der Waals surface area contributed by atoms with E-state index in [9.17, 15) is 35.9 Å². The van der Waals surface area contributed by atoms with Crippen molar-refractivity contribution in [2.45, 2.75) is 12.1 Å². The normalized spacial score (nSPS) is 11.6. The highest BCUT2D eigenvalue weighted by atomic mass is 19.4. The summed E-state index contributed by atoms with van der Waals surface area (Å²) in [7, 11) is 1.15. The van der Waals surface area contributed by atoms with Crippen LogP contribution in [0.15, 0.2) is 60.7 Å². The van der Waals surface area contributed by atoms with E-state index in [0.717, 1.165) is 25.3 Å². The van der Waals surface area contributed by atoms with Crippen molar-refractivity contribution in [3.63, 3.8) is 0 Å². The summed E-state index contributed by atoms with van der Waals surface area (Å²) in [6.07, 6.45) is -5.92. The van der Waals surface area contributed by atoms with Gasteiger partial charge in [-0.2, -0.15) is 22.0 Å². The van der Waals surface area contributed by atoms with Gasteiger partial charge in [0, 0.05) is 22.9 Å². The zero-order chi connectivity index (χ0) is 26.0. The lowest BCUT2D eigenvalue weighted by atomic mass is 10.0. The van der Waals surface area contributed by atoms with Crippen LogP contribution >= 0.6 is 0 Å². The largest absolute Gasteiger partial charge is 0.493 e. The van der Waals surface area contributed by atoms with Gasteiger partial charge in [0.25, 0.3) is 5.91 Å². The molecule has 0 aliphatic carbocycles. The molecule has 0 aliphatic heterocycles. The number of halogens is 6. The predicted octanol–water partition coefficient (Wildman–Crippen LogP) is 5.63. The van der Waals surface area contributed by atoms with Crippen molar-refractivity contribution >= 4 is 17.5 Å². The minimum absolute atomic E-state index is 0.0514. The molecule has 0 bridgehead atoms. The van der Waals surface area contributed by atoms with Crippen molar-refractivity contribution in [2.24, 2.45) is 5.73 Å². The van der Waals surface area contributed by atoms with Gasteiger partial charge in [-0.05, 0) is 42.5 Å². The van der Waals surface area contributed by atoms with E-state index in [1.165, 1.54) is 24.3 Å². The fraction of sp³-hybridized carbons (Fsp3) is 0.130. The summed E-state index contributed by atoms with van der Waals surface area (Å²) < 4.78 is 90.6. The van der Waals surface area contributed by atoms with Crippen LogP contribution in [0.5, 0.6) is 17.2 Å². The molecule has 3 N–H and O–H groups in total. The first kappa shape index (κ1) is 25.4. The van der Waals surface area contributed by atoms with Crippen LogP contribution < -0.4 is 20.5 Å². The maximum absolute atomic E-state index is 14.0. The van der Waals surface area contributed by atoms with E-state index in [-0.39, 0.29) is 22.7 Å². The average molecular weight is 498 g/mol. The van der Waals surface area contributed by atoms with Gasteiger partial charge in [0.05, 0.1) is 12.7 Å². The van der Waals surface area contributed by atoms with Gasteiger partial charge in [0.2, 0.25) is 5.91 Å². The third-order valence-corrected chi connectivity index (χ3v) is 4.70. The molecule has 0 heterocycles. The number of hydrogen-bond donors (Lipinski definition) is 2. The lowest BCUT2D eigenvalue weighted by Crippen LogP contribution is -2.33. The molecule has 0 radical (unpaired) electrons. The molecule has 184 valence electrons. The number of amides is 2. The summed E-state index contributed by atoms with van der Waals surface area (Å²) in [6.45, 7) is 0. The minimum atomic E-state index is -5.92. The van der Waals surface area contributed by atoms with Crippen LogP contribution in [-0.4, -0.2) is 25.1 Å². The molecular weight excluding hydrogens is 482 g/mol. The van der Waals surface area contributed by atoms with Crippen molar-refractivity contribution in [1.82, 2.24) is 0 Å². The summed E-state index contributed by atoms with van der Waals surface area (Å²) in [5.41, 5.74) is 3.39. The third-order valence-electron chi connectivity index (χ3n) is 4.70. The first-order valence-electron chi connectivity index (χ1n) is 9.65. The monoisotopic (exact) mass is 498 g/mol. The number of nitrogens with one attached hydrogen (secondary N) is 1. The number of hydrogen-bond acceptors (Lipinski definition) is 4. The van der Waals surface area contributed by atoms with Gasteiger partial charge in [0.1, 0.15) is 11.6 Å². The SMILES string of the molecule is COc1cc(F)ccc1Oc1cc(C(F)(F)C(F)(F)F)ccc1C(=O)Nc1cccc(C(N)=O)c1. The molecule has 3 rings (SSSR count). The molecular formula is C23H16F6N2O4. The first-order valence-corrected chi connectivity index (χ1v) is 9.65. The Morgan fingerprint density at radius 2 is 1.60 bits per heavy atom. The highest BCUT2D eigenvalue weighted by molar-refractivity contribution is 6.07. The molecule has 3 aromatic rings. The van der Waals surface area contributed by atoms with Crippen LogP contribution in [0.1, 0.15) is 26.3 Å². The fourth-order valence-corrected chi connectivity index (χ4v) is 2.95. The van der Waals surface area contributed by atoms with Gasteiger partial charge in [0.15, 0.2) is 11.5 Å². The fourth-order valence-electron chi connectivity index (χ4n) is 2.95. The number of nitrogens with two attached hydrogens (primary N) is 1. The van der Waals surface area contributed by atoms with Gasteiger partial charge < -0.3 is 20.5 Å². The van der Waals surface area contributed by atoms with E-state index in [2.05, 4.69) is 5.32 Å². The van der Waals surface area contributed by atoms with Crippen LogP contribution in [-0.2, 0) is 5.92 Å². The van der Waals surface area contributed by atoms with Crippen molar-refractivity contribution in [3.8, 4) is 17.2 Å². The summed E-state index contributed by atoms with van der Waals surface area (Å²) in [5.74, 6) is -8.91.